The molecule has 0 spiro atoms. The largest absolute Gasteiger partial charge is 0.483 e. The van der Waals surface area contributed by atoms with E-state index in [9.17, 15) is 27.6 Å². The molecule has 2 aromatic rings. The van der Waals surface area contributed by atoms with Crippen LogP contribution in [0.1, 0.15) is 0 Å². The highest BCUT2D eigenvalue weighted by Gasteiger charge is 2.50. The maximum Gasteiger partial charge on any atom is 0.483 e. The highest BCUT2D eigenvalue weighted by Crippen LogP contribution is 2.41. The van der Waals surface area contributed by atoms with E-state index in [-0.39, 0.29) is 5.69 Å². The summed E-state index contributed by atoms with van der Waals surface area (Å²) < 4.78 is 46.2. The van der Waals surface area contributed by atoms with E-state index in [0.29, 0.717) is 15.5 Å². The van der Waals surface area contributed by atoms with E-state index in [2.05, 4.69) is 9.72 Å². The van der Waals surface area contributed by atoms with Gasteiger partial charge < -0.3 is 9.72 Å². The molecule has 128 valence electrons. The molecule has 1 aliphatic heterocycles. The van der Waals surface area contributed by atoms with Crippen LogP contribution in [-0.4, -0.2) is 28.1 Å². The molecule has 0 bridgehead atoms. The van der Waals surface area contributed by atoms with E-state index in [4.69, 9.17) is 6.42 Å². The zero-order valence-electron chi connectivity index (χ0n) is 12.3. The van der Waals surface area contributed by atoms with Crippen molar-refractivity contribution in [3.05, 3.63) is 51.1 Å². The molecule has 0 saturated heterocycles. The normalized spacial score (nSPS) is 15.3. The molecule has 25 heavy (non-hydrogen) atoms. The maximum atomic E-state index is 14.3. The van der Waals surface area contributed by atoms with Crippen LogP contribution in [0.15, 0.2) is 34.0 Å². The fraction of sp³-hybridized carbons (Fsp3) is 0.133. The average Bonchev–Trinajstić information content (AvgIpc) is 2.52. The predicted molar refractivity (Wildman–Crippen MR) is 79.4 cm³/mol. The molecule has 0 radical (unpaired) electrons. The van der Waals surface area contributed by atoms with Gasteiger partial charge in [-0.15, -0.1) is 6.42 Å². The number of halogens is 3. The van der Waals surface area contributed by atoms with Gasteiger partial charge >= 0.3 is 17.7 Å². The smallest absolute Gasteiger partial charge is 0.423 e. The van der Waals surface area contributed by atoms with Gasteiger partial charge in [0, 0.05) is 18.3 Å². The van der Waals surface area contributed by atoms with Crippen molar-refractivity contribution in [3.63, 3.8) is 0 Å². The molecule has 1 N–H and O–H groups in total. The topological polar surface area (TPSA) is 84.4 Å². The highest BCUT2D eigenvalue weighted by molar-refractivity contribution is 6.01. The number of carbonyl (C=O) groups is 1. The summed E-state index contributed by atoms with van der Waals surface area (Å²) in [6.45, 7) is -0.546. The molecular weight excluding hydrogens is 343 g/mol. The van der Waals surface area contributed by atoms with Crippen molar-refractivity contribution in [2.24, 2.45) is 0 Å². The molecular formula is C15H8F3N3O4. The number of aromatic amines is 1. The second-order valence-electron chi connectivity index (χ2n) is 4.94. The molecule has 1 amide bonds. The number of hydrogen-bond acceptors (Lipinski definition) is 4. The lowest BCUT2D eigenvalue weighted by Gasteiger charge is -2.32. The van der Waals surface area contributed by atoms with Crippen LogP contribution in [0.3, 0.4) is 0 Å². The molecule has 2 heterocycles. The molecule has 0 aliphatic carbocycles. The number of terminal acetylenes is 1. The number of nitrogens with zero attached hydrogens (tertiary/aromatic N) is 2. The number of carbonyl (C=O) groups excluding carboxylic acids is 1. The number of anilines is 1. The fourth-order valence-electron chi connectivity index (χ4n) is 2.34. The Labute approximate surface area is 137 Å². The first-order chi connectivity index (χ1) is 11.8. The molecule has 1 aromatic carbocycles. The van der Waals surface area contributed by atoms with Crippen LogP contribution in [0.25, 0.3) is 5.69 Å². The summed E-state index contributed by atoms with van der Waals surface area (Å²) in [4.78, 5) is 38.1. The van der Waals surface area contributed by atoms with Gasteiger partial charge in [0.05, 0.1) is 17.9 Å². The van der Waals surface area contributed by atoms with Crippen molar-refractivity contribution >= 4 is 11.6 Å². The number of nitrogens with one attached hydrogen (secondary N) is 1. The van der Waals surface area contributed by atoms with Gasteiger partial charge in [0.25, 0.3) is 5.56 Å². The Kier molecular flexibility index (Phi) is 3.64. The first-order valence-electron chi connectivity index (χ1n) is 6.73. The molecule has 1 aromatic heterocycles. The number of alkyl halides is 2. The molecule has 0 atom stereocenters. The number of rotatable bonds is 2. The van der Waals surface area contributed by atoms with Crippen LogP contribution >= 0.6 is 0 Å². The third-order valence-corrected chi connectivity index (χ3v) is 3.40. The van der Waals surface area contributed by atoms with Gasteiger partial charge in [-0.3, -0.25) is 14.5 Å². The van der Waals surface area contributed by atoms with Crippen molar-refractivity contribution in [1.82, 2.24) is 9.55 Å². The van der Waals surface area contributed by atoms with E-state index < -0.39 is 47.1 Å². The SMILES string of the molecule is C#CCN1C(=O)C(F)(F)Oc2cc(F)c(-n3c(=O)cc[nH]c3=O)cc21. The minimum absolute atomic E-state index is 0.291. The van der Waals surface area contributed by atoms with Crippen LogP contribution in [0.5, 0.6) is 5.75 Å². The van der Waals surface area contributed by atoms with Gasteiger partial charge in [0.15, 0.2) is 11.6 Å². The van der Waals surface area contributed by atoms with E-state index in [1.165, 1.54) is 0 Å². The Morgan fingerprint density at radius 1 is 1.24 bits per heavy atom. The van der Waals surface area contributed by atoms with Gasteiger partial charge in [-0.2, -0.15) is 8.78 Å². The molecule has 3 rings (SSSR count). The minimum atomic E-state index is -4.22. The molecule has 1 aliphatic rings. The lowest BCUT2D eigenvalue weighted by molar-refractivity contribution is -0.192. The summed E-state index contributed by atoms with van der Waals surface area (Å²) in [7, 11) is 0. The first kappa shape index (κ1) is 16.4. The van der Waals surface area contributed by atoms with Gasteiger partial charge in [0.2, 0.25) is 0 Å². The predicted octanol–water partition coefficient (Wildman–Crippen LogP) is 0.616. The third kappa shape index (κ3) is 2.55. The Bertz CT molecular complexity index is 1010. The van der Waals surface area contributed by atoms with Crippen molar-refractivity contribution in [1.29, 1.82) is 0 Å². The maximum absolute atomic E-state index is 14.3. The van der Waals surface area contributed by atoms with Gasteiger partial charge in [-0.1, -0.05) is 5.92 Å². The van der Waals surface area contributed by atoms with E-state index in [1.54, 1.807) is 0 Å². The fourth-order valence-corrected chi connectivity index (χ4v) is 2.34. The zero-order chi connectivity index (χ0) is 18.4. The van der Waals surface area contributed by atoms with Crippen LogP contribution in [0.4, 0.5) is 18.9 Å². The number of benzene rings is 1. The van der Waals surface area contributed by atoms with Crippen molar-refractivity contribution < 1.29 is 22.7 Å². The second kappa shape index (κ2) is 5.55. The van der Waals surface area contributed by atoms with Crippen molar-refractivity contribution in [3.8, 4) is 23.8 Å². The molecule has 10 heteroatoms. The number of hydrogen-bond donors (Lipinski definition) is 1. The quantitative estimate of drug-likeness (QED) is 0.804. The number of fused-ring (bicyclic) bond motifs is 1. The second-order valence-corrected chi connectivity index (χ2v) is 4.94. The Balaban J connectivity index is 2.29. The monoisotopic (exact) mass is 351 g/mol. The van der Waals surface area contributed by atoms with Crippen LogP contribution in [0.2, 0.25) is 0 Å². The van der Waals surface area contributed by atoms with Crippen molar-refractivity contribution in [2.45, 2.75) is 6.11 Å². The lowest BCUT2D eigenvalue weighted by atomic mass is 10.2. The molecule has 0 saturated carbocycles. The number of amides is 1. The summed E-state index contributed by atoms with van der Waals surface area (Å²) in [5, 5.41) is 0. The van der Waals surface area contributed by atoms with E-state index >= 15 is 0 Å². The van der Waals surface area contributed by atoms with Gasteiger partial charge in [0.1, 0.15) is 0 Å². The number of H-pyrrole nitrogens is 1. The lowest BCUT2D eigenvalue weighted by Crippen LogP contribution is -2.51. The molecule has 7 nitrogen and oxygen atoms in total. The number of ether oxygens (including phenoxy) is 1. The average molecular weight is 351 g/mol. The Hall–Kier alpha value is -3.48. The first-order valence-corrected chi connectivity index (χ1v) is 6.73. The standard InChI is InChI=1S/C15H8F3N3O4/c1-2-5-20-10-7-9(21-12(22)3-4-19-14(21)24)8(16)6-11(10)25-15(17,18)13(20)23/h1,3-4,6-7H,5H2,(H,19,24). The highest BCUT2D eigenvalue weighted by atomic mass is 19.3. The van der Waals surface area contributed by atoms with Crippen LogP contribution in [0, 0.1) is 18.2 Å². The third-order valence-electron chi connectivity index (χ3n) is 3.40. The number of aromatic nitrogens is 2. The van der Waals surface area contributed by atoms with Crippen LogP contribution in [-0.2, 0) is 4.79 Å². The Morgan fingerprint density at radius 3 is 2.60 bits per heavy atom. The van der Waals surface area contributed by atoms with E-state index in [1.807, 2.05) is 5.92 Å². The summed E-state index contributed by atoms with van der Waals surface area (Å²) in [6.07, 6.45) is 1.92. The van der Waals surface area contributed by atoms with Gasteiger partial charge in [-0.05, 0) is 6.07 Å². The van der Waals surface area contributed by atoms with Gasteiger partial charge in [-0.25, -0.2) is 13.8 Å². The Morgan fingerprint density at radius 2 is 1.96 bits per heavy atom. The summed E-state index contributed by atoms with van der Waals surface area (Å²) >= 11 is 0. The zero-order valence-corrected chi connectivity index (χ0v) is 12.3. The minimum Gasteiger partial charge on any atom is -0.423 e. The van der Waals surface area contributed by atoms with E-state index in [0.717, 1.165) is 18.3 Å². The van der Waals surface area contributed by atoms with Crippen molar-refractivity contribution in [2.75, 3.05) is 11.4 Å². The summed E-state index contributed by atoms with van der Waals surface area (Å²) in [5.41, 5.74) is -2.66. The molecule has 0 unspecified atom stereocenters. The summed E-state index contributed by atoms with van der Waals surface area (Å²) in [6, 6.07) is 2.38. The summed E-state index contributed by atoms with van der Waals surface area (Å²) in [5.74, 6) is -1.55. The van der Waals surface area contributed by atoms with Crippen LogP contribution < -0.4 is 20.9 Å². The molecule has 0 fully saturated rings.